The van der Waals surface area contributed by atoms with Crippen molar-refractivity contribution in [3.05, 3.63) is 35.4 Å². The fourth-order valence-electron chi connectivity index (χ4n) is 2.72. The monoisotopic (exact) mass is 300 g/mol. The molecule has 1 aliphatic rings. The predicted octanol–water partition coefficient (Wildman–Crippen LogP) is 3.57. The summed E-state index contributed by atoms with van der Waals surface area (Å²) < 4.78 is 0. The molecule has 1 aromatic heterocycles. The highest BCUT2D eigenvalue weighted by Gasteiger charge is 2.18. The normalized spacial score (nSPS) is 14.9. The van der Waals surface area contributed by atoms with Crippen molar-refractivity contribution < 1.29 is 4.79 Å². The highest BCUT2D eigenvalue weighted by molar-refractivity contribution is 7.99. The molecule has 1 aromatic carbocycles. The number of pyridine rings is 1. The molecule has 2 aromatic rings. The molecule has 0 atom stereocenters. The third kappa shape index (κ3) is 3.21. The van der Waals surface area contributed by atoms with Crippen LogP contribution in [-0.4, -0.2) is 34.6 Å². The van der Waals surface area contributed by atoms with Crippen LogP contribution in [0.5, 0.6) is 0 Å². The number of fused-ring (bicyclic) bond motifs is 1. The number of hydrogen-bond donors (Lipinski definition) is 0. The third-order valence-electron chi connectivity index (χ3n) is 3.91. The van der Waals surface area contributed by atoms with Crippen LogP contribution >= 0.6 is 11.8 Å². The van der Waals surface area contributed by atoms with Crippen LogP contribution in [-0.2, 0) is 4.79 Å². The molecule has 1 fully saturated rings. The lowest BCUT2D eigenvalue weighted by molar-refractivity contribution is -0.127. The quantitative estimate of drug-likeness (QED) is 0.813. The van der Waals surface area contributed by atoms with Crippen molar-refractivity contribution in [2.75, 3.05) is 18.8 Å². The Labute approximate surface area is 129 Å². The van der Waals surface area contributed by atoms with Gasteiger partial charge in [0.1, 0.15) is 5.03 Å². The number of hydrogen-bond acceptors (Lipinski definition) is 3. The van der Waals surface area contributed by atoms with Crippen molar-refractivity contribution in [2.45, 2.75) is 31.7 Å². The summed E-state index contributed by atoms with van der Waals surface area (Å²) in [5, 5.41) is 2.14. The zero-order chi connectivity index (χ0) is 14.8. The number of thioether (sulfide) groups is 1. The molecule has 3 nitrogen and oxygen atoms in total. The lowest BCUT2D eigenvalue weighted by Gasteiger charge is -2.15. The molecule has 21 heavy (non-hydrogen) atoms. The van der Waals surface area contributed by atoms with Gasteiger partial charge in [0.2, 0.25) is 5.91 Å². The lowest BCUT2D eigenvalue weighted by atomic mass is 10.1. The molecule has 0 N–H and O–H groups in total. The molecule has 110 valence electrons. The number of carbonyl (C=O) groups is 1. The molecule has 4 heteroatoms. The van der Waals surface area contributed by atoms with Crippen LogP contribution in [0.4, 0.5) is 0 Å². The topological polar surface area (TPSA) is 33.2 Å². The number of aromatic nitrogens is 1. The van der Waals surface area contributed by atoms with Crippen LogP contribution < -0.4 is 0 Å². The Morgan fingerprint density at radius 1 is 1.24 bits per heavy atom. The summed E-state index contributed by atoms with van der Waals surface area (Å²) in [5.74, 6) is 0.730. The molecule has 1 aliphatic heterocycles. The van der Waals surface area contributed by atoms with Crippen LogP contribution in [0.3, 0.4) is 0 Å². The molecule has 1 amide bonds. The Morgan fingerprint density at radius 3 is 2.76 bits per heavy atom. The summed E-state index contributed by atoms with van der Waals surface area (Å²) >= 11 is 1.56. The maximum Gasteiger partial charge on any atom is 0.232 e. The standard InChI is InChI=1S/C17H20N2OS/c1-12-5-6-15-14(9-12)10-13(2)17(18-15)21-11-16(20)19-7-3-4-8-19/h5-6,9-10H,3-4,7-8,11H2,1-2H3. The molecule has 2 heterocycles. The average Bonchev–Trinajstić information content (AvgIpc) is 2.99. The van der Waals surface area contributed by atoms with Crippen molar-refractivity contribution in [3.63, 3.8) is 0 Å². The predicted molar refractivity (Wildman–Crippen MR) is 87.8 cm³/mol. The maximum absolute atomic E-state index is 12.1. The highest BCUT2D eigenvalue weighted by Crippen LogP contribution is 2.25. The maximum atomic E-state index is 12.1. The van der Waals surface area contributed by atoms with Gasteiger partial charge in [-0.2, -0.15) is 0 Å². The fourth-order valence-corrected chi connectivity index (χ4v) is 3.61. The molecular formula is C17H20N2OS. The van der Waals surface area contributed by atoms with Crippen LogP contribution in [0.15, 0.2) is 29.3 Å². The van der Waals surface area contributed by atoms with Crippen molar-refractivity contribution in [3.8, 4) is 0 Å². The zero-order valence-electron chi connectivity index (χ0n) is 12.6. The molecule has 0 spiro atoms. The minimum Gasteiger partial charge on any atom is -0.342 e. The average molecular weight is 300 g/mol. The Hall–Kier alpha value is -1.55. The first-order valence-electron chi connectivity index (χ1n) is 7.42. The SMILES string of the molecule is Cc1ccc2nc(SCC(=O)N3CCCC3)c(C)cc2c1. The molecule has 3 rings (SSSR count). The smallest absolute Gasteiger partial charge is 0.232 e. The van der Waals surface area contributed by atoms with Crippen LogP contribution in [0.1, 0.15) is 24.0 Å². The molecule has 0 unspecified atom stereocenters. The molecule has 0 bridgehead atoms. The van der Waals surface area contributed by atoms with E-state index in [-0.39, 0.29) is 5.91 Å². The Balaban J connectivity index is 1.75. The number of amides is 1. The lowest BCUT2D eigenvalue weighted by Crippen LogP contribution is -2.29. The van der Waals surface area contributed by atoms with E-state index in [0.29, 0.717) is 5.75 Å². The first-order chi connectivity index (χ1) is 10.1. The number of benzene rings is 1. The van der Waals surface area contributed by atoms with E-state index in [0.717, 1.165) is 42.0 Å². The third-order valence-corrected chi connectivity index (χ3v) is 4.98. The van der Waals surface area contributed by atoms with Gasteiger partial charge < -0.3 is 4.90 Å². The van der Waals surface area contributed by atoms with Crippen LogP contribution in [0, 0.1) is 13.8 Å². The zero-order valence-corrected chi connectivity index (χ0v) is 13.4. The first kappa shape index (κ1) is 14.4. The van der Waals surface area contributed by atoms with Crippen molar-refractivity contribution in [1.29, 1.82) is 0 Å². The second-order valence-corrected chi connectivity index (χ2v) is 6.65. The van der Waals surface area contributed by atoms with Crippen LogP contribution in [0.2, 0.25) is 0 Å². The highest BCUT2D eigenvalue weighted by atomic mass is 32.2. The van der Waals surface area contributed by atoms with E-state index >= 15 is 0 Å². The Kier molecular flexibility index (Phi) is 4.15. The molecule has 0 radical (unpaired) electrons. The largest absolute Gasteiger partial charge is 0.342 e. The van der Waals surface area contributed by atoms with E-state index in [1.54, 1.807) is 11.8 Å². The summed E-state index contributed by atoms with van der Waals surface area (Å²) in [6, 6.07) is 8.45. The Bertz CT molecular complexity index is 678. The van der Waals surface area contributed by atoms with E-state index in [4.69, 9.17) is 4.98 Å². The van der Waals surface area contributed by atoms with Crippen molar-refractivity contribution >= 4 is 28.6 Å². The van der Waals surface area contributed by atoms with E-state index in [1.165, 1.54) is 10.9 Å². The molecule has 0 saturated carbocycles. The number of likely N-dealkylation sites (tertiary alicyclic amines) is 1. The van der Waals surface area contributed by atoms with E-state index in [2.05, 4.69) is 38.1 Å². The number of carbonyl (C=O) groups excluding carboxylic acids is 1. The second-order valence-electron chi connectivity index (χ2n) is 5.68. The van der Waals surface area contributed by atoms with Gasteiger partial charge in [0.05, 0.1) is 11.3 Å². The van der Waals surface area contributed by atoms with Crippen LogP contribution in [0.25, 0.3) is 10.9 Å². The first-order valence-corrected chi connectivity index (χ1v) is 8.40. The van der Waals surface area contributed by atoms with E-state index < -0.39 is 0 Å². The summed E-state index contributed by atoms with van der Waals surface area (Å²) in [7, 11) is 0. The van der Waals surface area contributed by atoms with Gasteiger partial charge in [-0.05, 0) is 50.5 Å². The van der Waals surface area contributed by atoms with Gasteiger partial charge >= 0.3 is 0 Å². The minimum absolute atomic E-state index is 0.239. The number of nitrogens with zero attached hydrogens (tertiary/aromatic N) is 2. The van der Waals surface area contributed by atoms with Gasteiger partial charge in [-0.1, -0.05) is 23.4 Å². The van der Waals surface area contributed by atoms with Gasteiger partial charge in [-0.15, -0.1) is 0 Å². The summed E-state index contributed by atoms with van der Waals surface area (Å²) in [6.07, 6.45) is 2.28. The number of aryl methyl sites for hydroxylation is 2. The second kappa shape index (κ2) is 6.06. The van der Waals surface area contributed by atoms with Gasteiger partial charge in [0.15, 0.2) is 0 Å². The van der Waals surface area contributed by atoms with Gasteiger partial charge in [0.25, 0.3) is 0 Å². The molecule has 1 saturated heterocycles. The van der Waals surface area contributed by atoms with E-state index in [1.807, 2.05) is 4.90 Å². The minimum atomic E-state index is 0.239. The van der Waals surface area contributed by atoms with E-state index in [9.17, 15) is 4.79 Å². The van der Waals surface area contributed by atoms with Crippen molar-refractivity contribution in [1.82, 2.24) is 9.88 Å². The summed E-state index contributed by atoms with van der Waals surface area (Å²) in [6.45, 7) is 6.00. The van der Waals surface area contributed by atoms with Gasteiger partial charge in [-0.3, -0.25) is 4.79 Å². The number of rotatable bonds is 3. The Morgan fingerprint density at radius 2 is 2.00 bits per heavy atom. The van der Waals surface area contributed by atoms with Gasteiger partial charge in [0, 0.05) is 18.5 Å². The summed E-state index contributed by atoms with van der Waals surface area (Å²) in [5.41, 5.74) is 3.39. The molecule has 0 aliphatic carbocycles. The van der Waals surface area contributed by atoms with Crippen molar-refractivity contribution in [2.24, 2.45) is 0 Å². The summed E-state index contributed by atoms with van der Waals surface area (Å²) in [4.78, 5) is 18.8. The fraction of sp³-hybridized carbons (Fsp3) is 0.412. The molecular weight excluding hydrogens is 280 g/mol. The van der Waals surface area contributed by atoms with Gasteiger partial charge in [-0.25, -0.2) is 4.98 Å².